The minimum atomic E-state index is -0.858. The zero-order chi connectivity index (χ0) is 12.7. The van der Waals surface area contributed by atoms with Gasteiger partial charge >= 0.3 is 5.97 Å². The van der Waals surface area contributed by atoms with Gasteiger partial charge in [0.2, 0.25) is 0 Å². The van der Waals surface area contributed by atoms with E-state index in [1.165, 1.54) is 0 Å². The van der Waals surface area contributed by atoms with E-state index in [0.717, 1.165) is 5.56 Å². The molecule has 2 atom stereocenters. The first kappa shape index (κ1) is 13.3. The van der Waals surface area contributed by atoms with Crippen LogP contribution in [0.15, 0.2) is 30.3 Å². The first-order chi connectivity index (χ1) is 8.15. The number of hydrogen-bond donors (Lipinski definition) is 2. The molecule has 2 N–H and O–H groups in total. The first-order valence-electron chi connectivity index (χ1n) is 5.59. The van der Waals surface area contributed by atoms with Crippen LogP contribution in [0, 0.1) is 12.3 Å². The minimum absolute atomic E-state index is 0.183. The topological polar surface area (TPSA) is 49.3 Å². The van der Waals surface area contributed by atoms with Crippen LogP contribution in [0.4, 0.5) is 0 Å². The molecular formula is C14H17NO2. The van der Waals surface area contributed by atoms with Crippen molar-refractivity contribution in [2.24, 2.45) is 0 Å². The smallest absolute Gasteiger partial charge is 0.320 e. The third-order valence-corrected chi connectivity index (χ3v) is 2.71. The van der Waals surface area contributed by atoms with E-state index >= 15 is 0 Å². The van der Waals surface area contributed by atoms with Crippen LogP contribution in [0.2, 0.25) is 0 Å². The highest BCUT2D eigenvalue weighted by Crippen LogP contribution is 2.20. The van der Waals surface area contributed by atoms with Gasteiger partial charge in [0.15, 0.2) is 0 Å². The van der Waals surface area contributed by atoms with Crippen molar-refractivity contribution in [3.63, 3.8) is 0 Å². The number of carboxylic acid groups (broad SMARTS) is 1. The zero-order valence-electron chi connectivity index (χ0n) is 9.89. The van der Waals surface area contributed by atoms with Crippen LogP contribution in [-0.4, -0.2) is 23.7 Å². The molecule has 0 amide bonds. The van der Waals surface area contributed by atoms with Crippen molar-refractivity contribution >= 4 is 5.97 Å². The second kappa shape index (κ2) is 6.72. The average Bonchev–Trinajstić information content (AvgIpc) is 2.35. The van der Waals surface area contributed by atoms with Crippen molar-refractivity contribution in [3.05, 3.63) is 35.9 Å². The van der Waals surface area contributed by atoms with Gasteiger partial charge in [-0.25, -0.2) is 0 Å². The lowest BCUT2D eigenvalue weighted by atomic mass is 9.94. The van der Waals surface area contributed by atoms with Crippen molar-refractivity contribution in [3.8, 4) is 12.3 Å². The summed E-state index contributed by atoms with van der Waals surface area (Å²) in [5.74, 6) is 1.72. The summed E-state index contributed by atoms with van der Waals surface area (Å²) in [7, 11) is 0. The van der Waals surface area contributed by atoms with Gasteiger partial charge in [-0.1, -0.05) is 43.2 Å². The van der Waals surface area contributed by atoms with Crippen LogP contribution in [0.3, 0.4) is 0 Å². The van der Waals surface area contributed by atoms with E-state index in [-0.39, 0.29) is 12.5 Å². The molecule has 3 nitrogen and oxygen atoms in total. The SMILES string of the molecule is C#CCNC(CC(C)c1ccccc1)C(=O)O. The molecule has 0 aliphatic carbocycles. The molecule has 0 saturated carbocycles. The number of nitrogens with one attached hydrogen (secondary N) is 1. The fraction of sp³-hybridized carbons (Fsp3) is 0.357. The Labute approximate surface area is 102 Å². The van der Waals surface area contributed by atoms with Crippen LogP contribution < -0.4 is 5.32 Å². The normalized spacial score (nSPS) is 13.6. The van der Waals surface area contributed by atoms with Crippen molar-refractivity contribution in [2.75, 3.05) is 6.54 Å². The van der Waals surface area contributed by atoms with Gasteiger partial charge in [0.1, 0.15) is 6.04 Å². The van der Waals surface area contributed by atoms with E-state index in [1.807, 2.05) is 37.3 Å². The molecule has 0 fully saturated rings. The summed E-state index contributed by atoms with van der Waals surface area (Å²) in [5.41, 5.74) is 1.14. The van der Waals surface area contributed by atoms with Gasteiger partial charge in [-0.3, -0.25) is 10.1 Å². The number of aliphatic carboxylic acids is 1. The first-order valence-corrected chi connectivity index (χ1v) is 5.59. The maximum absolute atomic E-state index is 11.0. The predicted octanol–water partition coefficient (Wildman–Crippen LogP) is 1.86. The number of terminal acetylenes is 1. The Morgan fingerprint density at radius 2 is 2.12 bits per heavy atom. The van der Waals surface area contributed by atoms with Crippen molar-refractivity contribution in [2.45, 2.75) is 25.3 Å². The van der Waals surface area contributed by atoms with Gasteiger partial charge in [-0.2, -0.15) is 0 Å². The van der Waals surface area contributed by atoms with E-state index in [2.05, 4.69) is 11.2 Å². The molecule has 1 aromatic carbocycles. The van der Waals surface area contributed by atoms with Crippen LogP contribution in [-0.2, 0) is 4.79 Å². The van der Waals surface area contributed by atoms with Gasteiger partial charge in [0, 0.05) is 0 Å². The quantitative estimate of drug-likeness (QED) is 0.735. The van der Waals surface area contributed by atoms with Gasteiger partial charge < -0.3 is 5.11 Å². The second-order valence-electron chi connectivity index (χ2n) is 4.02. The number of carbonyl (C=O) groups is 1. The molecule has 0 aliphatic heterocycles. The molecule has 1 aromatic rings. The summed E-state index contributed by atoms with van der Waals surface area (Å²) < 4.78 is 0. The van der Waals surface area contributed by atoms with Crippen LogP contribution >= 0.6 is 0 Å². The van der Waals surface area contributed by atoms with E-state index in [0.29, 0.717) is 6.42 Å². The summed E-state index contributed by atoms with van der Waals surface area (Å²) >= 11 is 0. The maximum Gasteiger partial charge on any atom is 0.320 e. The Morgan fingerprint density at radius 3 is 2.65 bits per heavy atom. The maximum atomic E-state index is 11.0. The highest BCUT2D eigenvalue weighted by molar-refractivity contribution is 5.73. The zero-order valence-corrected chi connectivity index (χ0v) is 9.89. The van der Waals surface area contributed by atoms with Gasteiger partial charge in [-0.05, 0) is 17.9 Å². The molecule has 0 radical (unpaired) electrons. The van der Waals surface area contributed by atoms with Crippen molar-refractivity contribution in [1.82, 2.24) is 5.32 Å². The third-order valence-electron chi connectivity index (χ3n) is 2.71. The summed E-state index contributed by atoms with van der Waals surface area (Å²) in [6.45, 7) is 2.29. The molecule has 0 aromatic heterocycles. The van der Waals surface area contributed by atoms with Crippen LogP contribution in [0.5, 0.6) is 0 Å². The molecule has 1 rings (SSSR count). The van der Waals surface area contributed by atoms with Crippen LogP contribution in [0.1, 0.15) is 24.8 Å². The predicted molar refractivity (Wildman–Crippen MR) is 67.7 cm³/mol. The van der Waals surface area contributed by atoms with E-state index < -0.39 is 12.0 Å². The largest absolute Gasteiger partial charge is 0.480 e. The fourth-order valence-corrected chi connectivity index (χ4v) is 1.72. The molecule has 3 heteroatoms. The molecule has 0 heterocycles. The third kappa shape index (κ3) is 4.29. The summed E-state index contributed by atoms with van der Waals surface area (Å²) in [5, 5.41) is 11.9. The van der Waals surface area contributed by atoms with Gasteiger partial charge in [-0.15, -0.1) is 6.42 Å². The Bertz CT molecular complexity index is 394. The van der Waals surface area contributed by atoms with E-state index in [9.17, 15) is 4.79 Å². The highest BCUT2D eigenvalue weighted by atomic mass is 16.4. The molecule has 90 valence electrons. The van der Waals surface area contributed by atoms with Crippen molar-refractivity contribution in [1.29, 1.82) is 0 Å². The average molecular weight is 231 g/mol. The molecule has 0 saturated heterocycles. The molecule has 0 bridgehead atoms. The number of hydrogen-bond acceptors (Lipinski definition) is 2. The Balaban J connectivity index is 2.61. The Morgan fingerprint density at radius 1 is 1.47 bits per heavy atom. The lowest BCUT2D eigenvalue weighted by molar-refractivity contribution is -0.139. The molecule has 0 spiro atoms. The lowest BCUT2D eigenvalue weighted by Gasteiger charge is -2.18. The van der Waals surface area contributed by atoms with Gasteiger partial charge in [0.05, 0.1) is 6.54 Å². The summed E-state index contributed by atoms with van der Waals surface area (Å²) in [4.78, 5) is 11.0. The number of carboxylic acids is 1. The fourth-order valence-electron chi connectivity index (χ4n) is 1.72. The van der Waals surface area contributed by atoms with Crippen LogP contribution in [0.25, 0.3) is 0 Å². The summed E-state index contributed by atoms with van der Waals surface area (Å²) in [6.07, 6.45) is 5.64. The second-order valence-corrected chi connectivity index (χ2v) is 4.02. The molecule has 0 aliphatic rings. The van der Waals surface area contributed by atoms with Gasteiger partial charge in [0.25, 0.3) is 0 Å². The number of benzene rings is 1. The van der Waals surface area contributed by atoms with Crippen molar-refractivity contribution < 1.29 is 9.90 Å². The Kier molecular flexibility index (Phi) is 5.25. The number of rotatable bonds is 6. The standard InChI is InChI=1S/C14H17NO2/c1-3-9-15-13(14(16)17)10-11(2)12-7-5-4-6-8-12/h1,4-8,11,13,15H,9-10H2,2H3,(H,16,17). The summed E-state index contributed by atoms with van der Waals surface area (Å²) in [6, 6.07) is 9.27. The molecular weight excluding hydrogens is 214 g/mol. The lowest BCUT2D eigenvalue weighted by Crippen LogP contribution is -2.37. The van der Waals surface area contributed by atoms with E-state index in [1.54, 1.807) is 0 Å². The molecule has 17 heavy (non-hydrogen) atoms. The monoisotopic (exact) mass is 231 g/mol. The minimum Gasteiger partial charge on any atom is -0.480 e. The molecule has 2 unspecified atom stereocenters. The highest BCUT2D eigenvalue weighted by Gasteiger charge is 2.20. The van der Waals surface area contributed by atoms with E-state index in [4.69, 9.17) is 11.5 Å². The Hall–Kier alpha value is -1.79.